The van der Waals surface area contributed by atoms with Crippen molar-refractivity contribution in [3.63, 3.8) is 0 Å². The number of carboxylic acid groups (broad SMARTS) is 2. The second kappa shape index (κ2) is 13.7. The number of hydrogen-bond donors (Lipinski definition) is 6. The topological polar surface area (TPSA) is 188 Å². The van der Waals surface area contributed by atoms with E-state index in [1.807, 2.05) is 6.92 Å². The van der Waals surface area contributed by atoms with Crippen LogP contribution in [-0.2, 0) is 24.0 Å². The lowest BCUT2D eigenvalue weighted by molar-refractivity contribution is -0.144. The van der Waals surface area contributed by atoms with Gasteiger partial charge in [0.1, 0.15) is 18.1 Å². The van der Waals surface area contributed by atoms with Crippen LogP contribution in [0.5, 0.6) is 0 Å². The SMILES string of the molecule is CCC(C)C(NC(=O)C(NC(=O)C(NC(=O)C(N)CCC(=O)O)C(C)C)C(C)C)C(=O)O. The number of nitrogens with two attached hydrogens (primary N) is 1. The molecule has 32 heavy (non-hydrogen) atoms. The van der Waals surface area contributed by atoms with E-state index in [1.54, 1.807) is 34.6 Å². The van der Waals surface area contributed by atoms with E-state index in [4.69, 9.17) is 10.8 Å². The van der Waals surface area contributed by atoms with Crippen LogP contribution >= 0.6 is 0 Å². The van der Waals surface area contributed by atoms with Gasteiger partial charge < -0.3 is 31.9 Å². The summed E-state index contributed by atoms with van der Waals surface area (Å²) in [6.45, 7) is 10.3. The van der Waals surface area contributed by atoms with Gasteiger partial charge in [-0.1, -0.05) is 48.0 Å². The highest BCUT2D eigenvalue weighted by atomic mass is 16.4. The lowest BCUT2D eigenvalue weighted by Gasteiger charge is -2.29. The maximum absolute atomic E-state index is 12.9. The van der Waals surface area contributed by atoms with Crippen molar-refractivity contribution < 1.29 is 34.2 Å². The van der Waals surface area contributed by atoms with E-state index in [9.17, 15) is 29.1 Å². The Morgan fingerprint density at radius 2 is 1.16 bits per heavy atom. The van der Waals surface area contributed by atoms with Gasteiger partial charge in [-0.2, -0.15) is 0 Å². The van der Waals surface area contributed by atoms with E-state index in [0.717, 1.165) is 0 Å². The summed E-state index contributed by atoms with van der Waals surface area (Å²) in [6.07, 6.45) is 0.167. The molecule has 0 radical (unpaired) electrons. The van der Waals surface area contributed by atoms with E-state index >= 15 is 0 Å². The smallest absolute Gasteiger partial charge is 0.326 e. The molecule has 0 saturated heterocycles. The largest absolute Gasteiger partial charge is 0.481 e. The normalized spacial score (nSPS) is 15.9. The Kier molecular flexibility index (Phi) is 12.5. The predicted molar refractivity (Wildman–Crippen MR) is 117 cm³/mol. The molecule has 0 saturated carbocycles. The van der Waals surface area contributed by atoms with Crippen LogP contribution in [0.2, 0.25) is 0 Å². The first-order valence-electron chi connectivity index (χ1n) is 10.8. The van der Waals surface area contributed by atoms with Crippen LogP contribution in [0.25, 0.3) is 0 Å². The first-order valence-corrected chi connectivity index (χ1v) is 10.8. The zero-order valence-corrected chi connectivity index (χ0v) is 19.7. The van der Waals surface area contributed by atoms with E-state index < -0.39 is 53.8 Å². The highest BCUT2D eigenvalue weighted by molar-refractivity contribution is 5.94. The Morgan fingerprint density at radius 3 is 1.50 bits per heavy atom. The van der Waals surface area contributed by atoms with Crippen LogP contribution in [0, 0.1) is 17.8 Å². The quantitative estimate of drug-likeness (QED) is 0.211. The minimum Gasteiger partial charge on any atom is -0.481 e. The number of aliphatic carboxylic acids is 2. The Balaban J connectivity index is 5.36. The van der Waals surface area contributed by atoms with Crippen LogP contribution in [0.15, 0.2) is 0 Å². The van der Waals surface area contributed by atoms with Crippen molar-refractivity contribution in [1.29, 1.82) is 0 Å². The Morgan fingerprint density at radius 1 is 0.750 bits per heavy atom. The first kappa shape index (κ1) is 29.3. The molecule has 0 aliphatic carbocycles. The number of nitrogens with one attached hydrogen (secondary N) is 3. The van der Waals surface area contributed by atoms with Gasteiger partial charge in [-0.15, -0.1) is 0 Å². The van der Waals surface area contributed by atoms with Gasteiger partial charge in [-0.25, -0.2) is 4.79 Å². The van der Waals surface area contributed by atoms with E-state index in [2.05, 4.69) is 16.0 Å². The average Bonchev–Trinajstić information content (AvgIpc) is 2.70. The van der Waals surface area contributed by atoms with E-state index in [1.165, 1.54) is 0 Å². The number of amides is 3. The number of rotatable bonds is 14. The van der Waals surface area contributed by atoms with Gasteiger partial charge in [0.05, 0.1) is 6.04 Å². The fourth-order valence-corrected chi connectivity index (χ4v) is 2.91. The van der Waals surface area contributed by atoms with Crippen molar-refractivity contribution in [3.05, 3.63) is 0 Å². The molecule has 0 rings (SSSR count). The van der Waals surface area contributed by atoms with Crippen molar-refractivity contribution >= 4 is 29.7 Å². The molecule has 0 aliphatic heterocycles. The highest BCUT2D eigenvalue weighted by Gasteiger charge is 2.34. The molecule has 0 fully saturated rings. The molecular formula is C21H38N4O7. The van der Waals surface area contributed by atoms with Crippen LogP contribution in [-0.4, -0.2) is 64.0 Å². The molecule has 0 aromatic rings. The zero-order chi connectivity index (χ0) is 25.2. The molecule has 11 nitrogen and oxygen atoms in total. The summed E-state index contributed by atoms with van der Waals surface area (Å²) in [5, 5.41) is 25.8. The third-order valence-corrected chi connectivity index (χ3v) is 5.28. The standard InChI is InChI=1S/C21H38N4O7/c1-7-12(6)17(21(31)32)25-20(30)16(11(4)5)24-19(29)15(10(2)3)23-18(28)13(22)8-9-14(26)27/h10-13,15-17H,7-9,22H2,1-6H3,(H,23,28)(H,24,29)(H,25,30)(H,26,27)(H,31,32). The molecule has 11 heteroatoms. The number of carbonyl (C=O) groups excluding carboxylic acids is 3. The number of carbonyl (C=O) groups is 5. The van der Waals surface area contributed by atoms with Crippen LogP contribution < -0.4 is 21.7 Å². The summed E-state index contributed by atoms with van der Waals surface area (Å²) in [4.78, 5) is 60.2. The predicted octanol–water partition coefficient (Wildman–Crippen LogP) is 0.0756. The Hall–Kier alpha value is -2.69. The molecule has 0 bridgehead atoms. The zero-order valence-electron chi connectivity index (χ0n) is 19.7. The van der Waals surface area contributed by atoms with E-state index in [-0.39, 0.29) is 30.6 Å². The van der Waals surface area contributed by atoms with Crippen LogP contribution in [0.3, 0.4) is 0 Å². The van der Waals surface area contributed by atoms with Crippen LogP contribution in [0.4, 0.5) is 0 Å². The molecule has 0 heterocycles. The number of hydrogen-bond acceptors (Lipinski definition) is 6. The highest BCUT2D eigenvalue weighted by Crippen LogP contribution is 2.11. The maximum atomic E-state index is 12.9. The molecule has 5 unspecified atom stereocenters. The fourth-order valence-electron chi connectivity index (χ4n) is 2.91. The summed E-state index contributed by atoms with van der Waals surface area (Å²) >= 11 is 0. The summed E-state index contributed by atoms with van der Waals surface area (Å²) < 4.78 is 0. The fraction of sp³-hybridized carbons (Fsp3) is 0.762. The van der Waals surface area contributed by atoms with Crippen molar-refractivity contribution in [3.8, 4) is 0 Å². The van der Waals surface area contributed by atoms with E-state index in [0.29, 0.717) is 6.42 Å². The van der Waals surface area contributed by atoms with Gasteiger partial charge in [0.25, 0.3) is 0 Å². The second-order valence-corrected chi connectivity index (χ2v) is 8.71. The minimum atomic E-state index is -1.16. The maximum Gasteiger partial charge on any atom is 0.326 e. The summed E-state index contributed by atoms with van der Waals surface area (Å²) in [6, 6.07) is -4.24. The van der Waals surface area contributed by atoms with Gasteiger partial charge in [-0.05, 0) is 24.2 Å². The third kappa shape index (κ3) is 9.63. The summed E-state index contributed by atoms with van der Waals surface area (Å²) in [7, 11) is 0. The van der Waals surface area contributed by atoms with Crippen LogP contribution in [0.1, 0.15) is 60.8 Å². The molecule has 0 aromatic carbocycles. The molecule has 0 aliphatic rings. The third-order valence-electron chi connectivity index (χ3n) is 5.28. The van der Waals surface area contributed by atoms with Crippen molar-refractivity contribution in [2.75, 3.05) is 0 Å². The molecule has 0 spiro atoms. The lowest BCUT2D eigenvalue weighted by Crippen LogP contribution is -2.60. The monoisotopic (exact) mass is 458 g/mol. The lowest BCUT2D eigenvalue weighted by atomic mass is 9.96. The van der Waals surface area contributed by atoms with Gasteiger partial charge in [0.2, 0.25) is 17.7 Å². The van der Waals surface area contributed by atoms with Gasteiger partial charge in [0.15, 0.2) is 0 Å². The molecule has 3 amide bonds. The first-order chi connectivity index (χ1) is 14.7. The van der Waals surface area contributed by atoms with Crippen molar-refractivity contribution in [2.24, 2.45) is 23.5 Å². The average molecular weight is 459 g/mol. The molecule has 184 valence electrons. The van der Waals surface area contributed by atoms with Gasteiger partial charge in [0, 0.05) is 6.42 Å². The molecular weight excluding hydrogens is 420 g/mol. The molecule has 7 N–H and O–H groups in total. The van der Waals surface area contributed by atoms with Gasteiger partial charge in [-0.3, -0.25) is 19.2 Å². The Bertz CT molecular complexity index is 681. The van der Waals surface area contributed by atoms with Crippen molar-refractivity contribution in [1.82, 2.24) is 16.0 Å². The summed E-state index contributed by atoms with van der Waals surface area (Å²) in [5.41, 5.74) is 5.71. The number of carboxylic acids is 2. The Labute approximate surface area is 188 Å². The van der Waals surface area contributed by atoms with Crippen molar-refractivity contribution in [2.45, 2.75) is 85.0 Å². The van der Waals surface area contributed by atoms with Gasteiger partial charge >= 0.3 is 11.9 Å². The summed E-state index contributed by atoms with van der Waals surface area (Å²) in [5.74, 6) is -5.20. The second-order valence-electron chi connectivity index (χ2n) is 8.71. The molecule has 0 aromatic heterocycles. The minimum absolute atomic E-state index is 0.0865. The molecule has 5 atom stereocenters.